The summed E-state index contributed by atoms with van der Waals surface area (Å²) < 4.78 is 0. The van der Waals surface area contributed by atoms with Crippen LogP contribution in [-0.2, 0) is 0 Å². The quantitative estimate of drug-likeness (QED) is 0.350. The van der Waals surface area contributed by atoms with Crippen molar-refractivity contribution in [3.05, 3.63) is 22.9 Å². The van der Waals surface area contributed by atoms with Gasteiger partial charge in [0.05, 0.1) is 0 Å². The Kier molecular flexibility index (Phi) is 3.66. The molecule has 0 aliphatic heterocycles. The average Bonchev–Trinajstić information content (AvgIpc) is 1.76. The van der Waals surface area contributed by atoms with E-state index >= 15 is 0 Å². The van der Waals surface area contributed by atoms with E-state index in [2.05, 4.69) is 0 Å². The van der Waals surface area contributed by atoms with Crippen molar-refractivity contribution < 1.29 is 18.9 Å². The molecule has 0 nitrogen and oxygen atoms in total. The van der Waals surface area contributed by atoms with Crippen LogP contribution in [0.5, 0.6) is 0 Å². The molecule has 0 saturated carbocycles. The first-order chi connectivity index (χ1) is 2.50. The van der Waals surface area contributed by atoms with Crippen LogP contribution in [0.25, 0.3) is 0 Å². The smallest absolute Gasteiger partial charge is 0.152 e. The summed E-state index contributed by atoms with van der Waals surface area (Å²) in [4.78, 5) is 0. The molecule has 0 fully saturated rings. The van der Waals surface area contributed by atoms with E-state index < -0.39 is 0 Å². The Hall–Kier alpha value is 0.297. The topological polar surface area (TPSA) is 0 Å². The second kappa shape index (κ2) is 3.49. The minimum atomic E-state index is 0. The van der Waals surface area contributed by atoms with Crippen LogP contribution in [0.1, 0.15) is 0 Å². The third-order valence-electron chi connectivity index (χ3n) is 0.425. The normalized spacial score (nSPS) is 6.67. The Labute approximate surface area is 53.4 Å². The Morgan fingerprint density at radius 2 is 1.50 bits per heavy atom. The van der Waals surface area contributed by atoms with Crippen LogP contribution in [0, 0.1) is 0 Å². The largest absolute Gasteiger partial charge is 1.00 e. The van der Waals surface area contributed by atoms with Gasteiger partial charge in [0.1, 0.15) is 0 Å². The van der Waals surface area contributed by atoms with Gasteiger partial charge in [-0.15, -0.1) is 0 Å². The molecule has 1 aromatic rings. The van der Waals surface area contributed by atoms with Crippen LogP contribution in [0.4, 0.5) is 0 Å². The van der Waals surface area contributed by atoms with Gasteiger partial charge in [0, 0.05) is 0 Å². The molecule has 26 valence electrons. The van der Waals surface area contributed by atoms with Gasteiger partial charge >= 0.3 is 18.9 Å². The Bertz CT molecular complexity index is 64.0. The summed E-state index contributed by atoms with van der Waals surface area (Å²) in [6.45, 7) is 0. The first kappa shape index (κ1) is 6.30. The van der Waals surface area contributed by atoms with Gasteiger partial charge in [0.25, 0.3) is 0 Å². The van der Waals surface area contributed by atoms with E-state index in [4.69, 9.17) is 0 Å². The molecule has 0 aromatic carbocycles. The molecule has 2 heteroatoms. The summed E-state index contributed by atoms with van der Waals surface area (Å²) in [5.41, 5.74) is 0. The molecule has 1 rings (SSSR count). The van der Waals surface area contributed by atoms with Crippen LogP contribution in [0.2, 0.25) is 0 Å². The van der Waals surface area contributed by atoms with Crippen LogP contribution in [-0.4, -0.2) is 0 Å². The van der Waals surface area contributed by atoms with Gasteiger partial charge in [0.2, 0.25) is 0 Å². The van der Waals surface area contributed by atoms with Crippen molar-refractivity contribution >= 4 is 11.3 Å². The van der Waals surface area contributed by atoms with Gasteiger partial charge in [-0.1, -0.05) is 12.1 Å². The van der Waals surface area contributed by atoms with E-state index in [1.807, 2.05) is 22.9 Å². The molecule has 0 saturated heterocycles. The summed E-state index contributed by atoms with van der Waals surface area (Å²) in [5.74, 6) is 0. The zero-order valence-electron chi connectivity index (χ0n) is 3.72. The molecule has 1 aromatic heterocycles. The van der Waals surface area contributed by atoms with Crippen molar-refractivity contribution in [2.75, 3.05) is 0 Å². The Balaban J connectivity index is 0.000000250. The number of thiophene rings is 1. The van der Waals surface area contributed by atoms with E-state index in [1.54, 1.807) is 11.3 Å². The van der Waals surface area contributed by atoms with Crippen molar-refractivity contribution in [1.82, 2.24) is 0 Å². The van der Waals surface area contributed by atoms with Gasteiger partial charge in [-0.2, -0.15) is 11.3 Å². The van der Waals surface area contributed by atoms with Crippen molar-refractivity contribution in [2.45, 2.75) is 0 Å². The van der Waals surface area contributed by atoms with Gasteiger partial charge < -0.3 is 0 Å². The molecule has 0 radical (unpaired) electrons. The molecular weight excluding hydrogens is 87.1 g/mol. The first-order valence-corrected chi connectivity index (χ1v) is 2.41. The second-order valence-electron chi connectivity index (χ2n) is 0.793. The standard InChI is InChI=1S/C4H4S.Li/c1-2-4-5-3-1;/h1-4H;/q;+1. The van der Waals surface area contributed by atoms with E-state index in [9.17, 15) is 0 Å². The maximum atomic E-state index is 2.04. The van der Waals surface area contributed by atoms with Crippen LogP contribution >= 0.6 is 11.3 Å². The minimum absolute atomic E-state index is 0. The molecule has 0 atom stereocenters. The molecule has 0 bridgehead atoms. The molecule has 0 spiro atoms. The maximum Gasteiger partial charge on any atom is 1.00 e. The SMILES string of the molecule is [Li+].c1ccsc1. The zero-order valence-corrected chi connectivity index (χ0v) is 4.53. The maximum absolute atomic E-state index is 2.04. The van der Waals surface area contributed by atoms with Crippen LogP contribution in [0.3, 0.4) is 0 Å². The first-order valence-electron chi connectivity index (χ1n) is 1.47. The molecule has 0 N–H and O–H groups in total. The van der Waals surface area contributed by atoms with Gasteiger partial charge in [0.15, 0.2) is 0 Å². The van der Waals surface area contributed by atoms with E-state index in [1.165, 1.54) is 0 Å². The third-order valence-corrected chi connectivity index (χ3v) is 1.05. The molecule has 0 amide bonds. The van der Waals surface area contributed by atoms with Crippen LogP contribution < -0.4 is 18.9 Å². The predicted octanol–water partition coefficient (Wildman–Crippen LogP) is -1.25. The Morgan fingerprint density at radius 3 is 1.67 bits per heavy atom. The predicted molar refractivity (Wildman–Crippen MR) is 24.3 cm³/mol. The fourth-order valence-electron chi connectivity index (χ4n) is 0.227. The zero-order chi connectivity index (χ0) is 3.54. The average molecular weight is 91.1 g/mol. The summed E-state index contributed by atoms with van der Waals surface area (Å²) in [6.07, 6.45) is 0. The monoisotopic (exact) mass is 91.0 g/mol. The van der Waals surface area contributed by atoms with E-state index in [0.29, 0.717) is 0 Å². The summed E-state index contributed by atoms with van der Waals surface area (Å²) in [6, 6.07) is 4.04. The molecule has 0 aliphatic rings. The van der Waals surface area contributed by atoms with E-state index in [0.717, 1.165) is 0 Å². The number of hydrogen-bond donors (Lipinski definition) is 0. The van der Waals surface area contributed by atoms with Crippen molar-refractivity contribution in [2.24, 2.45) is 0 Å². The van der Waals surface area contributed by atoms with Crippen molar-refractivity contribution in [1.29, 1.82) is 0 Å². The van der Waals surface area contributed by atoms with Gasteiger partial charge in [-0.05, 0) is 10.8 Å². The molecular formula is C4H4LiS+. The second-order valence-corrected chi connectivity index (χ2v) is 1.61. The Morgan fingerprint density at radius 1 is 1.00 bits per heavy atom. The van der Waals surface area contributed by atoms with E-state index in [-0.39, 0.29) is 18.9 Å². The van der Waals surface area contributed by atoms with Crippen molar-refractivity contribution in [3.63, 3.8) is 0 Å². The molecule has 6 heavy (non-hydrogen) atoms. The van der Waals surface area contributed by atoms with Crippen molar-refractivity contribution in [3.8, 4) is 0 Å². The third kappa shape index (κ3) is 1.67. The molecule has 0 unspecified atom stereocenters. The summed E-state index contributed by atoms with van der Waals surface area (Å²) in [7, 11) is 0. The van der Waals surface area contributed by atoms with Gasteiger partial charge in [-0.25, -0.2) is 0 Å². The minimum Gasteiger partial charge on any atom is -0.152 e. The van der Waals surface area contributed by atoms with Gasteiger partial charge in [-0.3, -0.25) is 0 Å². The summed E-state index contributed by atoms with van der Waals surface area (Å²) in [5, 5.41) is 4.08. The number of rotatable bonds is 0. The van der Waals surface area contributed by atoms with Crippen LogP contribution in [0.15, 0.2) is 22.9 Å². The fraction of sp³-hybridized carbons (Fsp3) is 0. The fourth-order valence-corrected chi connectivity index (χ4v) is 0.680. The number of hydrogen-bond acceptors (Lipinski definition) is 1. The summed E-state index contributed by atoms with van der Waals surface area (Å²) >= 11 is 1.71. The molecule has 0 aliphatic carbocycles. The molecule has 1 heterocycles.